The van der Waals surface area contributed by atoms with E-state index in [0.29, 0.717) is 29.5 Å². The SMILES string of the molecule is O=C(CCC1CCNC1)Nc1ncc(Cc2ccc(F)cc2F)s1. The third-order valence-corrected chi connectivity index (χ3v) is 5.03. The zero-order valence-corrected chi connectivity index (χ0v) is 14.0. The molecule has 0 saturated carbocycles. The molecule has 1 aromatic carbocycles. The quantitative estimate of drug-likeness (QED) is 0.839. The van der Waals surface area contributed by atoms with Gasteiger partial charge >= 0.3 is 0 Å². The number of nitrogens with one attached hydrogen (secondary N) is 2. The molecule has 1 saturated heterocycles. The lowest BCUT2D eigenvalue weighted by Gasteiger charge is -2.07. The Morgan fingerprint density at radius 1 is 1.42 bits per heavy atom. The van der Waals surface area contributed by atoms with Gasteiger partial charge in [-0.05, 0) is 43.5 Å². The van der Waals surface area contributed by atoms with Gasteiger partial charge in [-0.15, -0.1) is 11.3 Å². The predicted molar refractivity (Wildman–Crippen MR) is 90.1 cm³/mol. The van der Waals surface area contributed by atoms with Crippen LogP contribution in [0.5, 0.6) is 0 Å². The van der Waals surface area contributed by atoms with Gasteiger partial charge in [-0.1, -0.05) is 6.07 Å². The highest BCUT2D eigenvalue weighted by Gasteiger charge is 2.16. The third kappa shape index (κ3) is 4.58. The molecule has 1 atom stereocenters. The topological polar surface area (TPSA) is 54.0 Å². The number of halogens is 2. The van der Waals surface area contributed by atoms with Crippen molar-refractivity contribution in [2.45, 2.75) is 25.7 Å². The number of carbonyl (C=O) groups is 1. The van der Waals surface area contributed by atoms with E-state index in [2.05, 4.69) is 15.6 Å². The molecule has 1 fully saturated rings. The minimum absolute atomic E-state index is 0.0456. The number of benzene rings is 1. The molecule has 24 heavy (non-hydrogen) atoms. The number of rotatable bonds is 6. The van der Waals surface area contributed by atoms with Gasteiger partial charge < -0.3 is 10.6 Å². The van der Waals surface area contributed by atoms with Crippen LogP contribution in [-0.2, 0) is 11.2 Å². The molecule has 0 aliphatic carbocycles. The summed E-state index contributed by atoms with van der Waals surface area (Å²) < 4.78 is 26.6. The number of nitrogens with zero attached hydrogens (tertiary/aromatic N) is 1. The Morgan fingerprint density at radius 2 is 2.29 bits per heavy atom. The molecule has 4 nitrogen and oxygen atoms in total. The Kier molecular flexibility index (Phi) is 5.52. The van der Waals surface area contributed by atoms with E-state index in [4.69, 9.17) is 0 Å². The fourth-order valence-corrected chi connectivity index (χ4v) is 3.63. The molecule has 0 bridgehead atoms. The summed E-state index contributed by atoms with van der Waals surface area (Å²) >= 11 is 1.31. The van der Waals surface area contributed by atoms with Crippen molar-refractivity contribution in [2.24, 2.45) is 5.92 Å². The number of amides is 1. The summed E-state index contributed by atoms with van der Waals surface area (Å²) in [5.74, 6) is -0.634. The van der Waals surface area contributed by atoms with E-state index in [-0.39, 0.29) is 5.91 Å². The monoisotopic (exact) mass is 351 g/mol. The Bertz CT molecular complexity index is 714. The first-order valence-electron chi connectivity index (χ1n) is 7.99. The zero-order chi connectivity index (χ0) is 16.9. The van der Waals surface area contributed by atoms with Crippen molar-refractivity contribution in [3.63, 3.8) is 0 Å². The van der Waals surface area contributed by atoms with Crippen LogP contribution >= 0.6 is 11.3 Å². The molecule has 0 radical (unpaired) electrons. The second kappa shape index (κ2) is 7.81. The molecule has 7 heteroatoms. The van der Waals surface area contributed by atoms with E-state index in [1.165, 1.54) is 23.5 Å². The van der Waals surface area contributed by atoms with Crippen LogP contribution in [0.1, 0.15) is 29.7 Å². The highest BCUT2D eigenvalue weighted by molar-refractivity contribution is 7.15. The summed E-state index contributed by atoms with van der Waals surface area (Å²) in [4.78, 5) is 16.9. The molecule has 0 spiro atoms. The second-order valence-electron chi connectivity index (χ2n) is 5.99. The third-order valence-electron chi connectivity index (χ3n) is 4.12. The van der Waals surface area contributed by atoms with E-state index in [0.717, 1.165) is 36.9 Å². The van der Waals surface area contributed by atoms with Crippen LogP contribution in [0, 0.1) is 17.6 Å². The first-order valence-corrected chi connectivity index (χ1v) is 8.81. The Morgan fingerprint density at radius 3 is 3.04 bits per heavy atom. The molecule has 2 heterocycles. The van der Waals surface area contributed by atoms with Crippen LogP contribution < -0.4 is 10.6 Å². The summed E-state index contributed by atoms with van der Waals surface area (Å²) in [5, 5.41) is 6.59. The lowest BCUT2D eigenvalue weighted by Crippen LogP contribution is -2.14. The largest absolute Gasteiger partial charge is 0.316 e. The summed E-state index contributed by atoms with van der Waals surface area (Å²) in [5.41, 5.74) is 0.409. The van der Waals surface area contributed by atoms with Crippen LogP contribution in [0.3, 0.4) is 0 Å². The minimum Gasteiger partial charge on any atom is -0.316 e. The van der Waals surface area contributed by atoms with Crippen molar-refractivity contribution < 1.29 is 13.6 Å². The molecule has 1 unspecified atom stereocenters. The van der Waals surface area contributed by atoms with Crippen LogP contribution in [-0.4, -0.2) is 24.0 Å². The molecular formula is C17H19F2N3OS. The van der Waals surface area contributed by atoms with Crippen molar-refractivity contribution in [3.8, 4) is 0 Å². The number of carbonyl (C=O) groups excluding carboxylic acids is 1. The molecule has 1 aliphatic heterocycles. The Balaban J connectivity index is 1.52. The highest BCUT2D eigenvalue weighted by atomic mass is 32.1. The number of thiazole rings is 1. The van der Waals surface area contributed by atoms with Crippen molar-refractivity contribution in [2.75, 3.05) is 18.4 Å². The molecule has 2 N–H and O–H groups in total. The summed E-state index contributed by atoms with van der Waals surface area (Å²) in [6.07, 6.45) is 4.42. The van der Waals surface area contributed by atoms with E-state index in [1.54, 1.807) is 6.20 Å². The fourth-order valence-electron chi connectivity index (χ4n) is 2.78. The maximum atomic E-state index is 13.7. The summed E-state index contributed by atoms with van der Waals surface area (Å²) in [6, 6.07) is 3.54. The van der Waals surface area contributed by atoms with Crippen LogP contribution in [0.25, 0.3) is 0 Å². The summed E-state index contributed by atoms with van der Waals surface area (Å²) in [7, 11) is 0. The zero-order valence-electron chi connectivity index (χ0n) is 13.1. The minimum atomic E-state index is -0.592. The highest BCUT2D eigenvalue weighted by Crippen LogP contribution is 2.23. The molecule has 128 valence electrons. The van der Waals surface area contributed by atoms with Crippen LogP contribution in [0.4, 0.5) is 13.9 Å². The number of anilines is 1. The second-order valence-corrected chi connectivity index (χ2v) is 7.11. The van der Waals surface area contributed by atoms with Crippen molar-refractivity contribution in [3.05, 3.63) is 46.5 Å². The van der Waals surface area contributed by atoms with Gasteiger partial charge in [-0.3, -0.25) is 4.79 Å². The Hall–Kier alpha value is -1.86. The van der Waals surface area contributed by atoms with Gasteiger partial charge in [0.25, 0.3) is 0 Å². The number of aromatic nitrogens is 1. The molecular weight excluding hydrogens is 332 g/mol. The van der Waals surface area contributed by atoms with E-state index in [1.807, 2.05) is 0 Å². The van der Waals surface area contributed by atoms with E-state index in [9.17, 15) is 13.6 Å². The number of hydrogen-bond acceptors (Lipinski definition) is 4. The fraction of sp³-hybridized carbons (Fsp3) is 0.412. The normalized spacial score (nSPS) is 17.2. The average molecular weight is 351 g/mol. The first-order chi connectivity index (χ1) is 11.6. The lowest BCUT2D eigenvalue weighted by atomic mass is 10.0. The molecule has 2 aromatic rings. The maximum Gasteiger partial charge on any atom is 0.226 e. The molecule has 1 amide bonds. The van der Waals surface area contributed by atoms with Gasteiger partial charge in [0.1, 0.15) is 11.6 Å². The first kappa shape index (κ1) is 17.0. The van der Waals surface area contributed by atoms with Crippen LogP contribution in [0.2, 0.25) is 0 Å². The molecule has 1 aliphatic rings. The predicted octanol–water partition coefficient (Wildman–Crippen LogP) is 3.34. The maximum absolute atomic E-state index is 13.7. The van der Waals surface area contributed by atoms with Crippen molar-refractivity contribution >= 4 is 22.4 Å². The average Bonchev–Trinajstić information content (AvgIpc) is 3.20. The van der Waals surface area contributed by atoms with Gasteiger partial charge in [-0.2, -0.15) is 0 Å². The number of hydrogen-bond donors (Lipinski definition) is 2. The van der Waals surface area contributed by atoms with Gasteiger partial charge in [0.15, 0.2) is 5.13 Å². The summed E-state index contributed by atoms with van der Waals surface area (Å²) in [6.45, 7) is 2.01. The lowest BCUT2D eigenvalue weighted by molar-refractivity contribution is -0.116. The van der Waals surface area contributed by atoms with Crippen molar-refractivity contribution in [1.29, 1.82) is 0 Å². The van der Waals surface area contributed by atoms with Gasteiger partial charge in [0.05, 0.1) is 0 Å². The van der Waals surface area contributed by atoms with Crippen LogP contribution in [0.15, 0.2) is 24.4 Å². The smallest absolute Gasteiger partial charge is 0.226 e. The molecule has 1 aromatic heterocycles. The van der Waals surface area contributed by atoms with E-state index >= 15 is 0 Å². The Labute approximate surface area is 143 Å². The van der Waals surface area contributed by atoms with Gasteiger partial charge in [0, 0.05) is 30.0 Å². The van der Waals surface area contributed by atoms with Gasteiger partial charge in [0.2, 0.25) is 5.91 Å². The van der Waals surface area contributed by atoms with E-state index < -0.39 is 11.6 Å². The molecule has 3 rings (SSSR count). The van der Waals surface area contributed by atoms with Crippen molar-refractivity contribution in [1.82, 2.24) is 10.3 Å². The van der Waals surface area contributed by atoms with Gasteiger partial charge in [-0.25, -0.2) is 13.8 Å². The standard InChI is InChI=1S/C17H19F2N3OS/c18-13-3-2-12(15(19)8-13)7-14-10-21-17(24-14)22-16(23)4-1-11-5-6-20-9-11/h2-3,8,10-11,20H,1,4-7,9H2,(H,21,22,23).